The maximum absolute atomic E-state index is 12.1. The minimum absolute atomic E-state index is 0.0896. The molecule has 4 aromatic rings. The number of para-hydroxylation sites is 4. The lowest BCUT2D eigenvalue weighted by Crippen LogP contribution is -2.21. The maximum Gasteiger partial charge on any atom is 0.406 e. The van der Waals surface area contributed by atoms with Crippen molar-refractivity contribution in [2.45, 2.75) is 77.9 Å². The van der Waals surface area contributed by atoms with E-state index in [1.54, 1.807) is 80.4 Å². The second kappa shape index (κ2) is 26.6. The minimum Gasteiger partial charge on any atom is -0.508 e. The van der Waals surface area contributed by atoms with Gasteiger partial charge in [0, 0.05) is 48.4 Å². The number of aromatic hydroxyl groups is 2. The highest BCUT2D eigenvalue weighted by Crippen LogP contribution is 2.23. The second-order valence-corrected chi connectivity index (χ2v) is 13.0. The fourth-order valence-electron chi connectivity index (χ4n) is 5.04. The summed E-state index contributed by atoms with van der Waals surface area (Å²) in [4.78, 5) is 46.2. The summed E-state index contributed by atoms with van der Waals surface area (Å²) in [5.74, 6) is -0.718. The van der Waals surface area contributed by atoms with Crippen molar-refractivity contribution in [1.82, 2.24) is 0 Å². The third-order valence-corrected chi connectivity index (χ3v) is 7.78. The van der Waals surface area contributed by atoms with Crippen LogP contribution in [0.3, 0.4) is 0 Å². The number of phenols is 2. The van der Waals surface area contributed by atoms with Crippen LogP contribution in [0.1, 0.15) is 64.2 Å². The molecule has 0 aliphatic rings. The van der Waals surface area contributed by atoms with E-state index in [0.29, 0.717) is 85.5 Å². The minimum atomic E-state index is -0.808. The molecule has 0 aliphatic heterocycles. The maximum atomic E-state index is 12.1. The number of nitrogens with one attached hydrogen (secondary N) is 5. The van der Waals surface area contributed by atoms with Crippen LogP contribution in [0.15, 0.2) is 97.1 Å². The molecule has 3 amide bonds. The van der Waals surface area contributed by atoms with Gasteiger partial charge in [0.2, 0.25) is 17.7 Å². The monoisotopic (exact) mass is 784 g/mol. The van der Waals surface area contributed by atoms with Gasteiger partial charge in [-0.05, 0) is 112 Å². The summed E-state index contributed by atoms with van der Waals surface area (Å²) in [5.41, 5.74) is 9.20. The van der Waals surface area contributed by atoms with Crippen LogP contribution in [-0.2, 0) is 19.2 Å². The van der Waals surface area contributed by atoms with Crippen molar-refractivity contribution >= 4 is 71.9 Å². The predicted molar refractivity (Wildman–Crippen MR) is 228 cm³/mol. The first-order chi connectivity index (χ1) is 27.2. The van der Waals surface area contributed by atoms with Crippen molar-refractivity contribution in [3.63, 3.8) is 0 Å². The SMILES string of the molecule is CB(O)Nc1ccccc1NC(=O)CCCCCC(=O)Nc1ccc(O)cc1.CB(O)Nc1ccccc1NC(=O)CCCCCC(=O)O.Nc1ccc(O)cc1. The number of nitrogens with two attached hydrogens (primary N) is 1. The zero-order chi connectivity index (χ0) is 42.0. The number of carboxylic acids is 1. The number of rotatable bonds is 19. The van der Waals surface area contributed by atoms with Gasteiger partial charge in [-0.25, -0.2) is 0 Å². The molecule has 0 spiro atoms. The third-order valence-electron chi connectivity index (χ3n) is 7.78. The number of benzene rings is 4. The first-order valence-corrected chi connectivity index (χ1v) is 18.7. The molecule has 12 N–H and O–H groups in total. The Morgan fingerprint density at radius 1 is 0.509 bits per heavy atom. The van der Waals surface area contributed by atoms with Crippen molar-refractivity contribution in [1.29, 1.82) is 0 Å². The number of nitrogen functional groups attached to an aromatic ring is 1. The van der Waals surface area contributed by atoms with Gasteiger partial charge in [0.25, 0.3) is 0 Å². The van der Waals surface area contributed by atoms with Crippen LogP contribution in [-0.4, -0.2) is 63.2 Å². The van der Waals surface area contributed by atoms with Crippen LogP contribution in [0.25, 0.3) is 0 Å². The molecule has 0 heterocycles. The number of amides is 3. The molecule has 0 bridgehead atoms. The average Bonchev–Trinajstić information content (AvgIpc) is 3.15. The molecule has 304 valence electrons. The van der Waals surface area contributed by atoms with Gasteiger partial charge >= 0.3 is 20.1 Å². The zero-order valence-corrected chi connectivity index (χ0v) is 32.4. The first kappa shape index (κ1) is 47.0. The van der Waals surface area contributed by atoms with E-state index in [9.17, 15) is 34.3 Å². The van der Waals surface area contributed by atoms with E-state index in [2.05, 4.69) is 26.4 Å². The number of unbranched alkanes of at least 4 members (excludes halogenated alkanes) is 4. The summed E-state index contributed by atoms with van der Waals surface area (Å²) < 4.78 is 0. The normalized spacial score (nSPS) is 9.96. The molecule has 0 aromatic heterocycles. The van der Waals surface area contributed by atoms with E-state index >= 15 is 0 Å². The quantitative estimate of drug-likeness (QED) is 0.0208. The van der Waals surface area contributed by atoms with Gasteiger partial charge in [-0.1, -0.05) is 37.1 Å². The summed E-state index contributed by atoms with van der Waals surface area (Å²) in [6.07, 6.45) is 5.34. The predicted octanol–water partition coefficient (Wildman–Crippen LogP) is 6.60. The highest BCUT2D eigenvalue weighted by Gasteiger charge is 2.11. The molecule has 0 radical (unpaired) electrons. The van der Waals surface area contributed by atoms with Gasteiger partial charge in [-0.3, -0.25) is 19.2 Å². The summed E-state index contributed by atoms with van der Waals surface area (Å²) in [5, 5.41) is 59.3. The molecule has 0 saturated heterocycles. The molecule has 0 aliphatic carbocycles. The number of phenolic OH excluding ortho intramolecular Hbond substituents is 2. The van der Waals surface area contributed by atoms with Crippen molar-refractivity contribution in [3.8, 4) is 11.5 Å². The van der Waals surface area contributed by atoms with E-state index in [1.807, 2.05) is 18.2 Å². The number of hydrogen-bond donors (Lipinski definition) is 11. The Balaban J connectivity index is 0.000000338. The van der Waals surface area contributed by atoms with Gasteiger partial charge in [-0.2, -0.15) is 0 Å². The number of carbonyl (C=O) groups is 4. The Bertz CT molecular complexity index is 1790. The van der Waals surface area contributed by atoms with Gasteiger partial charge < -0.3 is 57.5 Å². The second-order valence-electron chi connectivity index (χ2n) is 13.0. The van der Waals surface area contributed by atoms with Crippen LogP contribution >= 0.6 is 0 Å². The molecule has 0 atom stereocenters. The number of aliphatic carboxylic acids is 1. The summed E-state index contributed by atoms with van der Waals surface area (Å²) in [6, 6.07) is 27.1. The zero-order valence-electron chi connectivity index (χ0n) is 32.4. The Kier molecular flexibility index (Phi) is 21.9. The number of hydrogen-bond acceptors (Lipinski definition) is 11. The topological polar surface area (TPSA) is 256 Å². The standard InChI is InChI=1S/C20H26BN3O4.C14H21BN2O4.C6H7NO/c1-21(28)24-18-8-6-5-7-17(18)23-20(27)10-4-2-3-9-19(26)22-15-11-13-16(25)14-12-15;1-15(21)17-12-8-6-5-7-11(12)16-13(18)9-3-2-4-10-14(19)20;7-5-1-3-6(8)4-2-5/h5-8,11-14,24-25,28H,2-4,9-10H2,1H3,(H,22,26)(H,23,27);5-8,17,21H,2-4,9-10H2,1H3,(H,16,18)(H,19,20);1-4,8H,7H2. The Morgan fingerprint density at radius 3 is 1.23 bits per heavy atom. The van der Waals surface area contributed by atoms with E-state index in [4.69, 9.17) is 15.9 Å². The molecule has 17 heteroatoms. The number of anilines is 6. The van der Waals surface area contributed by atoms with E-state index < -0.39 is 20.1 Å². The largest absolute Gasteiger partial charge is 0.508 e. The van der Waals surface area contributed by atoms with Gasteiger partial charge in [0.05, 0.1) is 11.4 Å². The molecule has 57 heavy (non-hydrogen) atoms. The smallest absolute Gasteiger partial charge is 0.406 e. The molecule has 0 unspecified atom stereocenters. The fourth-order valence-corrected chi connectivity index (χ4v) is 5.04. The lowest BCUT2D eigenvalue weighted by molar-refractivity contribution is -0.137. The van der Waals surface area contributed by atoms with Crippen LogP contribution < -0.4 is 32.1 Å². The summed E-state index contributed by atoms with van der Waals surface area (Å²) in [7, 11) is -1.43. The third kappa shape index (κ3) is 22.1. The number of carbonyl (C=O) groups excluding carboxylic acids is 3. The van der Waals surface area contributed by atoms with Gasteiger partial charge in [-0.15, -0.1) is 0 Å². The molecule has 4 rings (SSSR count). The molecule has 0 saturated carbocycles. The van der Waals surface area contributed by atoms with Crippen molar-refractivity contribution in [3.05, 3.63) is 97.1 Å². The van der Waals surface area contributed by atoms with Gasteiger partial charge in [0.1, 0.15) is 11.5 Å². The molecule has 15 nitrogen and oxygen atoms in total. The first-order valence-electron chi connectivity index (χ1n) is 18.7. The van der Waals surface area contributed by atoms with Crippen LogP contribution in [0, 0.1) is 0 Å². The van der Waals surface area contributed by atoms with E-state index in [0.717, 1.165) is 6.42 Å². The Labute approximate surface area is 334 Å². The molecule has 4 aromatic carbocycles. The highest BCUT2D eigenvalue weighted by atomic mass is 16.4. The Morgan fingerprint density at radius 2 is 0.860 bits per heavy atom. The Hall–Kier alpha value is -6.19. The van der Waals surface area contributed by atoms with Gasteiger partial charge in [0.15, 0.2) is 0 Å². The molecule has 0 fully saturated rings. The van der Waals surface area contributed by atoms with Crippen LogP contribution in [0.4, 0.5) is 34.1 Å². The number of carboxylic acid groups (broad SMARTS) is 1. The molecular formula is C40H54B2N6O9. The van der Waals surface area contributed by atoms with Crippen LogP contribution in [0.5, 0.6) is 11.5 Å². The highest BCUT2D eigenvalue weighted by molar-refractivity contribution is 6.53. The fraction of sp³-hybridized carbons (Fsp3) is 0.300. The van der Waals surface area contributed by atoms with Crippen molar-refractivity contribution in [2.24, 2.45) is 0 Å². The average molecular weight is 785 g/mol. The lowest BCUT2D eigenvalue weighted by Gasteiger charge is -2.13. The van der Waals surface area contributed by atoms with E-state index in [1.165, 1.54) is 12.1 Å². The lowest BCUT2D eigenvalue weighted by atomic mass is 9.88. The van der Waals surface area contributed by atoms with Crippen LogP contribution in [0.2, 0.25) is 13.6 Å². The van der Waals surface area contributed by atoms with Crippen molar-refractivity contribution < 1.29 is 44.5 Å². The van der Waals surface area contributed by atoms with Crippen molar-refractivity contribution in [2.75, 3.05) is 32.1 Å². The summed E-state index contributed by atoms with van der Waals surface area (Å²) >= 11 is 0. The van der Waals surface area contributed by atoms with E-state index in [-0.39, 0.29) is 35.6 Å². The summed E-state index contributed by atoms with van der Waals surface area (Å²) in [6.45, 7) is 3.21. The molecular weight excluding hydrogens is 730 g/mol.